The Kier molecular flexibility index (Phi) is 6.60. The molecule has 3 heterocycles. The van der Waals surface area contributed by atoms with E-state index in [9.17, 15) is 13.6 Å². The number of halogens is 2. The predicted octanol–water partition coefficient (Wildman–Crippen LogP) is 6.09. The largest absolute Gasteiger partial charge is 0.370 e. The number of aryl methyl sites for hydroxylation is 1. The molecule has 4 aromatic rings. The summed E-state index contributed by atoms with van der Waals surface area (Å²) in [5.41, 5.74) is 4.57. The average molecular weight is 501 g/mol. The third-order valence-corrected chi connectivity index (χ3v) is 6.28. The lowest BCUT2D eigenvalue weighted by atomic mass is 9.99. The molecule has 1 aromatic carbocycles. The molecule has 1 fully saturated rings. The number of benzene rings is 1. The Bertz CT molecular complexity index is 1450. The van der Waals surface area contributed by atoms with E-state index in [2.05, 4.69) is 30.6 Å². The lowest BCUT2D eigenvalue weighted by molar-refractivity contribution is 0.0171. The summed E-state index contributed by atoms with van der Waals surface area (Å²) in [6, 6.07) is 10.5. The number of rotatable bonds is 8. The van der Waals surface area contributed by atoms with E-state index in [-0.39, 0.29) is 11.1 Å². The van der Waals surface area contributed by atoms with Crippen LogP contribution in [0.15, 0.2) is 67.5 Å². The molecule has 1 amide bonds. The van der Waals surface area contributed by atoms with Crippen molar-refractivity contribution >= 4 is 17.4 Å². The minimum atomic E-state index is -3.09. The highest BCUT2D eigenvalue weighted by molar-refractivity contribution is 6.04. The highest BCUT2D eigenvalue weighted by atomic mass is 19.3. The van der Waals surface area contributed by atoms with Gasteiger partial charge in [-0.1, -0.05) is 6.07 Å². The summed E-state index contributed by atoms with van der Waals surface area (Å²) in [4.78, 5) is 29.7. The summed E-state index contributed by atoms with van der Waals surface area (Å²) in [6.45, 7) is 3.65. The van der Waals surface area contributed by atoms with Gasteiger partial charge in [-0.25, -0.2) is 18.7 Å². The van der Waals surface area contributed by atoms with Crippen LogP contribution < -0.4 is 10.6 Å². The van der Waals surface area contributed by atoms with E-state index in [1.54, 1.807) is 18.5 Å². The van der Waals surface area contributed by atoms with Crippen molar-refractivity contribution in [1.82, 2.24) is 19.9 Å². The smallest absolute Gasteiger partial charge is 0.272 e. The maximum atomic E-state index is 13.7. The van der Waals surface area contributed by atoms with Gasteiger partial charge >= 0.3 is 0 Å². The van der Waals surface area contributed by atoms with Gasteiger partial charge in [-0.3, -0.25) is 14.8 Å². The van der Waals surface area contributed by atoms with Crippen LogP contribution in [0.2, 0.25) is 0 Å². The molecule has 5 rings (SSSR count). The van der Waals surface area contributed by atoms with Crippen molar-refractivity contribution < 1.29 is 13.6 Å². The lowest BCUT2D eigenvalue weighted by Gasteiger charge is -2.13. The SMILES string of the molecule is Cc1ccc(NC(=O)c2cncc(C(C)(F)F)c2)cc1-c1cncc(-c2cc(NCC3CC3)ncn2)c1. The van der Waals surface area contributed by atoms with E-state index in [0.29, 0.717) is 5.69 Å². The Morgan fingerprint density at radius 3 is 2.57 bits per heavy atom. The van der Waals surface area contributed by atoms with Crippen LogP contribution in [-0.2, 0) is 5.92 Å². The van der Waals surface area contributed by atoms with Gasteiger partial charge in [0.15, 0.2) is 0 Å². The average Bonchev–Trinajstić information content (AvgIpc) is 3.73. The number of anilines is 2. The molecule has 0 saturated heterocycles. The van der Waals surface area contributed by atoms with Crippen LogP contribution in [0.1, 0.15) is 41.3 Å². The van der Waals surface area contributed by atoms with Gasteiger partial charge in [0, 0.05) is 66.7 Å². The number of hydrogen-bond donors (Lipinski definition) is 2. The Labute approximate surface area is 213 Å². The quantitative estimate of drug-likeness (QED) is 0.304. The van der Waals surface area contributed by atoms with Gasteiger partial charge in [-0.05, 0) is 61.1 Å². The topological polar surface area (TPSA) is 92.7 Å². The van der Waals surface area contributed by atoms with Crippen LogP contribution in [0.3, 0.4) is 0 Å². The fourth-order valence-electron chi connectivity index (χ4n) is 3.93. The van der Waals surface area contributed by atoms with E-state index < -0.39 is 11.8 Å². The number of hydrogen-bond acceptors (Lipinski definition) is 6. The van der Waals surface area contributed by atoms with E-state index in [1.165, 1.54) is 25.4 Å². The van der Waals surface area contributed by atoms with Crippen molar-refractivity contribution in [3.05, 3.63) is 84.2 Å². The van der Waals surface area contributed by atoms with E-state index >= 15 is 0 Å². The minimum absolute atomic E-state index is 0.0553. The summed E-state index contributed by atoms with van der Waals surface area (Å²) in [7, 11) is 0. The van der Waals surface area contributed by atoms with Crippen molar-refractivity contribution in [2.24, 2.45) is 5.92 Å². The highest BCUT2D eigenvalue weighted by Crippen LogP contribution is 2.31. The molecular formula is C28H26F2N6O. The second-order valence-electron chi connectivity index (χ2n) is 9.41. The number of nitrogens with zero attached hydrogens (tertiary/aromatic N) is 4. The number of alkyl halides is 2. The van der Waals surface area contributed by atoms with E-state index in [1.807, 2.05) is 31.2 Å². The van der Waals surface area contributed by atoms with Crippen LogP contribution in [-0.4, -0.2) is 32.4 Å². The molecule has 0 unspecified atom stereocenters. The molecule has 0 spiro atoms. The second-order valence-corrected chi connectivity index (χ2v) is 9.41. The van der Waals surface area contributed by atoms with E-state index in [0.717, 1.165) is 65.4 Å². The second kappa shape index (κ2) is 10.0. The molecule has 9 heteroatoms. The first-order valence-corrected chi connectivity index (χ1v) is 12.0. The fourth-order valence-corrected chi connectivity index (χ4v) is 3.93. The van der Waals surface area contributed by atoms with Crippen molar-refractivity contribution in [2.75, 3.05) is 17.2 Å². The van der Waals surface area contributed by atoms with Crippen molar-refractivity contribution in [3.8, 4) is 22.4 Å². The lowest BCUT2D eigenvalue weighted by Crippen LogP contribution is -2.15. The van der Waals surface area contributed by atoms with Gasteiger partial charge in [0.1, 0.15) is 12.1 Å². The molecule has 37 heavy (non-hydrogen) atoms. The zero-order valence-corrected chi connectivity index (χ0v) is 20.5. The Balaban J connectivity index is 1.38. The standard InChI is InChI=1S/C28H26F2N6O/c1-17-3-6-23(36-27(37)21-8-22(15-32-14-21)28(2,29)30)9-24(17)19-7-20(13-31-12-19)25-10-26(35-16-34-25)33-11-18-4-5-18/h3,6-10,12-16,18H,4-5,11H2,1-2H3,(H,36,37)(H,33,34,35). The van der Waals surface area contributed by atoms with Crippen LogP contribution in [0, 0.1) is 12.8 Å². The molecule has 2 N–H and O–H groups in total. The van der Waals surface area contributed by atoms with Crippen LogP contribution in [0.5, 0.6) is 0 Å². The molecule has 1 aliphatic rings. The third-order valence-electron chi connectivity index (χ3n) is 6.28. The van der Waals surface area contributed by atoms with Gasteiger partial charge in [-0.15, -0.1) is 0 Å². The van der Waals surface area contributed by atoms with Crippen molar-refractivity contribution in [2.45, 2.75) is 32.6 Å². The van der Waals surface area contributed by atoms with Gasteiger partial charge in [0.2, 0.25) is 0 Å². The first-order chi connectivity index (χ1) is 17.8. The van der Waals surface area contributed by atoms with E-state index in [4.69, 9.17) is 0 Å². The van der Waals surface area contributed by atoms with Gasteiger partial charge in [0.25, 0.3) is 11.8 Å². The van der Waals surface area contributed by atoms with Gasteiger partial charge < -0.3 is 10.6 Å². The molecule has 1 saturated carbocycles. The Hall–Kier alpha value is -4.27. The molecule has 1 aliphatic carbocycles. The number of aromatic nitrogens is 4. The van der Waals surface area contributed by atoms with Crippen molar-refractivity contribution in [1.29, 1.82) is 0 Å². The van der Waals surface area contributed by atoms with Crippen LogP contribution in [0.25, 0.3) is 22.4 Å². The summed E-state index contributed by atoms with van der Waals surface area (Å²) < 4.78 is 27.3. The number of nitrogens with one attached hydrogen (secondary N) is 2. The molecule has 3 aromatic heterocycles. The number of carbonyl (C=O) groups excluding carboxylic acids is 1. The Morgan fingerprint density at radius 2 is 1.78 bits per heavy atom. The molecule has 0 aliphatic heterocycles. The maximum Gasteiger partial charge on any atom is 0.272 e. The van der Waals surface area contributed by atoms with Gasteiger partial charge in [-0.2, -0.15) is 0 Å². The summed E-state index contributed by atoms with van der Waals surface area (Å²) in [6.07, 6.45) is 9.88. The molecular weight excluding hydrogens is 474 g/mol. The Morgan fingerprint density at radius 1 is 1.00 bits per heavy atom. The molecule has 0 atom stereocenters. The number of carbonyl (C=O) groups is 1. The predicted molar refractivity (Wildman–Crippen MR) is 138 cm³/mol. The summed E-state index contributed by atoms with van der Waals surface area (Å²) in [5, 5.41) is 6.15. The number of pyridine rings is 2. The molecule has 0 bridgehead atoms. The maximum absolute atomic E-state index is 13.7. The fraction of sp³-hybridized carbons (Fsp3) is 0.250. The van der Waals surface area contributed by atoms with Crippen molar-refractivity contribution in [3.63, 3.8) is 0 Å². The zero-order chi connectivity index (χ0) is 26.0. The summed E-state index contributed by atoms with van der Waals surface area (Å²) in [5.74, 6) is -2.10. The normalized spacial score (nSPS) is 13.3. The highest BCUT2D eigenvalue weighted by Gasteiger charge is 2.26. The molecule has 7 nitrogen and oxygen atoms in total. The third kappa shape index (κ3) is 5.94. The molecule has 188 valence electrons. The summed E-state index contributed by atoms with van der Waals surface area (Å²) >= 11 is 0. The monoisotopic (exact) mass is 500 g/mol. The van der Waals surface area contributed by atoms with Crippen LogP contribution >= 0.6 is 0 Å². The van der Waals surface area contributed by atoms with Crippen LogP contribution in [0.4, 0.5) is 20.3 Å². The zero-order valence-electron chi connectivity index (χ0n) is 20.5. The first kappa shape index (κ1) is 24.4. The minimum Gasteiger partial charge on any atom is -0.370 e. The van der Waals surface area contributed by atoms with Gasteiger partial charge in [0.05, 0.1) is 11.3 Å². The first-order valence-electron chi connectivity index (χ1n) is 12.0. The molecule has 0 radical (unpaired) electrons. The number of amides is 1.